The number of nitrogens with zero attached hydrogens (tertiary/aromatic N) is 1. The van der Waals surface area contributed by atoms with Crippen LogP contribution in [0.25, 0.3) is 0 Å². The molecular weight excluding hydrogens is 268 g/mol. The van der Waals surface area contributed by atoms with Crippen LogP contribution < -0.4 is 11.1 Å². The van der Waals surface area contributed by atoms with Gasteiger partial charge in [-0.05, 0) is 30.6 Å². The van der Waals surface area contributed by atoms with Crippen LogP contribution in [0.2, 0.25) is 0 Å². The fourth-order valence-corrected chi connectivity index (χ4v) is 3.08. The molecule has 1 aliphatic carbocycles. The molecule has 5 N–H and O–H groups in total. The van der Waals surface area contributed by atoms with Crippen LogP contribution in [0.15, 0.2) is 0 Å². The Kier molecular flexibility index (Phi) is 5.22. The molecule has 0 saturated heterocycles. The van der Waals surface area contributed by atoms with Gasteiger partial charge in [-0.25, -0.2) is 0 Å². The first-order valence-corrected chi connectivity index (χ1v) is 7.77. The molecule has 21 heavy (non-hydrogen) atoms. The summed E-state index contributed by atoms with van der Waals surface area (Å²) in [5, 5.41) is 19.2. The number of aliphatic hydroxyl groups excluding tert-OH is 1. The van der Waals surface area contributed by atoms with Gasteiger partial charge in [-0.15, -0.1) is 0 Å². The van der Waals surface area contributed by atoms with E-state index in [1.165, 1.54) is 12.8 Å². The lowest BCUT2D eigenvalue weighted by Gasteiger charge is -2.30. The van der Waals surface area contributed by atoms with Gasteiger partial charge in [0.1, 0.15) is 0 Å². The van der Waals surface area contributed by atoms with Crippen molar-refractivity contribution in [1.82, 2.24) is 15.5 Å². The molecule has 118 valence electrons. The zero-order valence-electron chi connectivity index (χ0n) is 12.9. The fraction of sp³-hybridized carbons (Fsp3) is 0.733. The van der Waals surface area contributed by atoms with E-state index < -0.39 is 0 Å². The first kappa shape index (κ1) is 15.8. The summed E-state index contributed by atoms with van der Waals surface area (Å²) in [6.07, 6.45) is 4.43. The average Bonchev–Trinajstić information content (AvgIpc) is 2.87. The second kappa shape index (κ2) is 6.93. The summed E-state index contributed by atoms with van der Waals surface area (Å²) in [6.45, 7) is 4.77. The molecule has 1 fully saturated rings. The minimum atomic E-state index is -0.238. The molecule has 6 nitrogen and oxygen atoms in total. The third-order valence-corrected chi connectivity index (χ3v) is 4.45. The van der Waals surface area contributed by atoms with E-state index in [2.05, 4.69) is 15.5 Å². The van der Waals surface area contributed by atoms with Crippen LogP contribution in [0.4, 0.5) is 5.69 Å². The summed E-state index contributed by atoms with van der Waals surface area (Å²) in [5.41, 5.74) is 7.48. The van der Waals surface area contributed by atoms with E-state index >= 15 is 0 Å². The lowest BCUT2D eigenvalue weighted by atomic mass is 9.79. The molecule has 1 aliphatic rings. The monoisotopic (exact) mass is 294 g/mol. The number of nitrogens with one attached hydrogen (secondary N) is 2. The Morgan fingerprint density at radius 1 is 1.43 bits per heavy atom. The minimum absolute atomic E-state index is 0.197. The quantitative estimate of drug-likeness (QED) is 0.662. The SMILES string of the molecule is CC(C)c1[nH]nc(C(=O)NCC2CCCCC2CO)c1N. The molecule has 0 aliphatic heterocycles. The van der Waals surface area contributed by atoms with Crippen molar-refractivity contribution in [2.45, 2.75) is 45.4 Å². The topological polar surface area (TPSA) is 104 Å². The number of nitrogens with two attached hydrogens (primary N) is 1. The van der Waals surface area contributed by atoms with Gasteiger partial charge in [-0.2, -0.15) is 5.10 Å². The molecule has 0 bridgehead atoms. The normalized spacial score (nSPS) is 22.5. The van der Waals surface area contributed by atoms with Crippen molar-refractivity contribution in [2.24, 2.45) is 11.8 Å². The average molecular weight is 294 g/mol. The van der Waals surface area contributed by atoms with Gasteiger partial charge >= 0.3 is 0 Å². The van der Waals surface area contributed by atoms with E-state index in [0.29, 0.717) is 24.1 Å². The van der Waals surface area contributed by atoms with Crippen molar-refractivity contribution in [3.05, 3.63) is 11.4 Å². The molecular formula is C15H26N4O2. The number of aromatic nitrogens is 2. The molecule has 0 aromatic carbocycles. The van der Waals surface area contributed by atoms with E-state index in [9.17, 15) is 9.90 Å². The zero-order valence-corrected chi connectivity index (χ0v) is 12.9. The van der Waals surface area contributed by atoms with Crippen molar-refractivity contribution < 1.29 is 9.90 Å². The number of hydrogen-bond donors (Lipinski definition) is 4. The standard InChI is InChI=1S/C15H26N4O2/c1-9(2)13-12(16)14(19-18-13)15(21)17-7-10-5-3-4-6-11(10)8-20/h9-11,20H,3-8,16H2,1-2H3,(H,17,21)(H,18,19). The number of aliphatic hydroxyl groups is 1. The Morgan fingerprint density at radius 2 is 2.10 bits per heavy atom. The maximum atomic E-state index is 12.2. The highest BCUT2D eigenvalue weighted by Gasteiger charge is 2.26. The molecule has 0 radical (unpaired) electrons. The van der Waals surface area contributed by atoms with Gasteiger partial charge in [0.25, 0.3) is 5.91 Å². The van der Waals surface area contributed by atoms with Gasteiger partial charge in [-0.3, -0.25) is 9.89 Å². The van der Waals surface area contributed by atoms with Crippen LogP contribution in [-0.2, 0) is 0 Å². The number of carbonyl (C=O) groups excluding carboxylic acids is 1. The third kappa shape index (κ3) is 3.56. The second-order valence-electron chi connectivity index (χ2n) is 6.25. The minimum Gasteiger partial charge on any atom is -0.396 e. The number of H-pyrrole nitrogens is 1. The molecule has 2 unspecified atom stereocenters. The smallest absolute Gasteiger partial charge is 0.273 e. The Bertz CT molecular complexity index is 484. The van der Waals surface area contributed by atoms with E-state index in [-0.39, 0.29) is 24.1 Å². The Morgan fingerprint density at radius 3 is 2.67 bits per heavy atom. The maximum Gasteiger partial charge on any atom is 0.273 e. The summed E-state index contributed by atoms with van der Waals surface area (Å²) in [7, 11) is 0. The van der Waals surface area contributed by atoms with Gasteiger partial charge in [0, 0.05) is 13.2 Å². The maximum absolute atomic E-state index is 12.2. The van der Waals surface area contributed by atoms with Crippen LogP contribution in [0.3, 0.4) is 0 Å². The van der Waals surface area contributed by atoms with Crippen LogP contribution in [0.1, 0.15) is 61.6 Å². The molecule has 0 spiro atoms. The zero-order chi connectivity index (χ0) is 15.4. The third-order valence-electron chi connectivity index (χ3n) is 4.45. The van der Waals surface area contributed by atoms with Crippen LogP contribution in [-0.4, -0.2) is 34.4 Å². The van der Waals surface area contributed by atoms with Crippen molar-refractivity contribution >= 4 is 11.6 Å². The number of anilines is 1. The highest BCUT2D eigenvalue weighted by molar-refractivity contribution is 5.97. The predicted molar refractivity (Wildman–Crippen MR) is 82.0 cm³/mol. The highest BCUT2D eigenvalue weighted by Crippen LogP contribution is 2.29. The Balaban J connectivity index is 1.95. The van der Waals surface area contributed by atoms with Crippen LogP contribution in [0.5, 0.6) is 0 Å². The van der Waals surface area contributed by atoms with Gasteiger partial charge in [0.05, 0.1) is 11.4 Å². The number of rotatable bonds is 5. The van der Waals surface area contributed by atoms with E-state index in [4.69, 9.17) is 5.73 Å². The van der Waals surface area contributed by atoms with E-state index in [0.717, 1.165) is 18.5 Å². The first-order chi connectivity index (χ1) is 10.0. The fourth-order valence-electron chi connectivity index (χ4n) is 3.08. The lowest BCUT2D eigenvalue weighted by molar-refractivity contribution is 0.0905. The molecule has 1 aromatic heterocycles. The molecule has 2 atom stereocenters. The Labute approximate surface area is 125 Å². The largest absolute Gasteiger partial charge is 0.396 e. The second-order valence-corrected chi connectivity index (χ2v) is 6.25. The number of carbonyl (C=O) groups is 1. The summed E-state index contributed by atoms with van der Waals surface area (Å²) in [5.74, 6) is 0.605. The summed E-state index contributed by atoms with van der Waals surface area (Å²) < 4.78 is 0. The highest BCUT2D eigenvalue weighted by atomic mass is 16.3. The summed E-state index contributed by atoms with van der Waals surface area (Å²) >= 11 is 0. The molecule has 6 heteroatoms. The molecule has 1 saturated carbocycles. The summed E-state index contributed by atoms with van der Waals surface area (Å²) in [4.78, 5) is 12.2. The van der Waals surface area contributed by atoms with Gasteiger partial charge < -0.3 is 16.2 Å². The van der Waals surface area contributed by atoms with E-state index in [1.807, 2.05) is 13.8 Å². The van der Waals surface area contributed by atoms with Crippen molar-refractivity contribution in [3.8, 4) is 0 Å². The van der Waals surface area contributed by atoms with Crippen LogP contribution in [0, 0.1) is 11.8 Å². The van der Waals surface area contributed by atoms with Crippen LogP contribution >= 0.6 is 0 Å². The van der Waals surface area contributed by atoms with Crippen molar-refractivity contribution in [3.63, 3.8) is 0 Å². The molecule has 1 heterocycles. The first-order valence-electron chi connectivity index (χ1n) is 7.77. The van der Waals surface area contributed by atoms with E-state index in [1.54, 1.807) is 0 Å². The lowest BCUT2D eigenvalue weighted by Crippen LogP contribution is -2.35. The number of nitrogen functional groups attached to an aromatic ring is 1. The van der Waals surface area contributed by atoms with Gasteiger partial charge in [0.2, 0.25) is 0 Å². The number of hydrogen-bond acceptors (Lipinski definition) is 4. The van der Waals surface area contributed by atoms with Gasteiger partial charge in [-0.1, -0.05) is 26.7 Å². The molecule has 1 amide bonds. The van der Waals surface area contributed by atoms with Crippen molar-refractivity contribution in [1.29, 1.82) is 0 Å². The Hall–Kier alpha value is -1.56. The molecule has 1 aromatic rings. The van der Waals surface area contributed by atoms with Crippen molar-refractivity contribution in [2.75, 3.05) is 18.9 Å². The predicted octanol–water partition coefficient (Wildman–Crippen LogP) is 1.64. The molecule has 2 rings (SSSR count). The number of amides is 1. The summed E-state index contributed by atoms with van der Waals surface area (Å²) in [6, 6.07) is 0. The number of aromatic amines is 1. The van der Waals surface area contributed by atoms with Gasteiger partial charge in [0.15, 0.2) is 5.69 Å².